The molecule has 4 nitrogen and oxygen atoms in total. The van der Waals surface area contributed by atoms with Gasteiger partial charge in [-0.3, -0.25) is 0 Å². The summed E-state index contributed by atoms with van der Waals surface area (Å²) < 4.78 is 44.8. The van der Waals surface area contributed by atoms with Gasteiger partial charge in [0.1, 0.15) is 12.5 Å². The molecule has 124 valence electrons. The van der Waals surface area contributed by atoms with Crippen LogP contribution >= 0.6 is 0 Å². The third-order valence-electron chi connectivity index (χ3n) is 3.97. The minimum Gasteiger partial charge on any atom is -0.477 e. The molecule has 1 saturated heterocycles. The van der Waals surface area contributed by atoms with E-state index in [-0.39, 0.29) is 13.0 Å². The van der Waals surface area contributed by atoms with Crippen LogP contribution < -0.4 is 0 Å². The van der Waals surface area contributed by atoms with Crippen LogP contribution in [0.5, 0.6) is 0 Å². The van der Waals surface area contributed by atoms with Crippen LogP contribution in [0.2, 0.25) is 0 Å². The van der Waals surface area contributed by atoms with E-state index in [9.17, 15) is 13.2 Å². The summed E-state index contributed by atoms with van der Waals surface area (Å²) in [6.45, 7) is 2.73. The Morgan fingerprint density at radius 1 is 1.17 bits per heavy atom. The van der Waals surface area contributed by atoms with Gasteiger partial charge >= 0.3 is 0 Å². The molecule has 1 aromatic rings. The molecule has 2 heterocycles. The summed E-state index contributed by atoms with van der Waals surface area (Å²) in [4.78, 5) is 8.65. The van der Waals surface area contributed by atoms with Gasteiger partial charge in [0.25, 0.3) is 0 Å². The zero-order valence-electron chi connectivity index (χ0n) is 12.9. The molecule has 0 N–H and O–H groups in total. The molecule has 0 saturated carbocycles. The highest BCUT2D eigenvalue weighted by Gasteiger charge is 2.22. The minimum atomic E-state index is -1.45. The van der Waals surface area contributed by atoms with Crippen molar-refractivity contribution in [3.05, 3.63) is 47.0 Å². The molecule has 1 aromatic carbocycles. The molecule has 0 radical (unpaired) electrons. The zero-order chi connectivity index (χ0) is 16.4. The van der Waals surface area contributed by atoms with Gasteiger partial charge in [0.15, 0.2) is 17.5 Å². The number of nitrogens with zero attached hydrogens (tertiary/aromatic N) is 3. The molecule has 0 unspecified atom stereocenters. The lowest BCUT2D eigenvalue weighted by molar-refractivity contribution is 0.178. The molecule has 2 aliphatic heterocycles. The summed E-state index contributed by atoms with van der Waals surface area (Å²) in [7, 11) is 2.02. The molecular formula is C16H18F3N3O. The monoisotopic (exact) mass is 325 g/mol. The number of hydrogen-bond acceptors (Lipinski definition) is 4. The smallest absolute Gasteiger partial charge is 0.214 e. The summed E-state index contributed by atoms with van der Waals surface area (Å²) in [5.41, 5.74) is 0.349. The number of hydrogen-bond donors (Lipinski definition) is 0. The van der Waals surface area contributed by atoms with Crippen molar-refractivity contribution in [2.45, 2.75) is 12.8 Å². The summed E-state index contributed by atoms with van der Waals surface area (Å²) in [6.07, 6.45) is 3.24. The molecule has 7 heteroatoms. The maximum absolute atomic E-state index is 13.2. The number of ether oxygens (including phenoxy) is 1. The average Bonchev–Trinajstić information content (AvgIpc) is 2.53. The first-order chi connectivity index (χ1) is 11.0. The third-order valence-corrected chi connectivity index (χ3v) is 3.97. The van der Waals surface area contributed by atoms with Crippen molar-refractivity contribution < 1.29 is 17.9 Å². The van der Waals surface area contributed by atoms with Crippen molar-refractivity contribution in [2.75, 3.05) is 33.4 Å². The molecule has 0 amide bonds. The van der Waals surface area contributed by atoms with E-state index in [0.717, 1.165) is 37.5 Å². The van der Waals surface area contributed by atoms with Crippen molar-refractivity contribution in [1.29, 1.82) is 0 Å². The van der Waals surface area contributed by atoms with E-state index in [1.165, 1.54) is 0 Å². The lowest BCUT2D eigenvalue weighted by Crippen LogP contribution is -2.43. The fourth-order valence-electron chi connectivity index (χ4n) is 2.74. The van der Waals surface area contributed by atoms with Crippen molar-refractivity contribution >= 4 is 5.90 Å². The van der Waals surface area contributed by atoms with E-state index in [2.05, 4.69) is 14.8 Å². The SMILES string of the molecule is CN1CCCN2CN=C(OCCc3cc(F)c(F)c(F)c3)C=C12. The Hall–Kier alpha value is -2.18. The van der Waals surface area contributed by atoms with Crippen LogP contribution in [-0.2, 0) is 11.2 Å². The van der Waals surface area contributed by atoms with Gasteiger partial charge < -0.3 is 14.5 Å². The first kappa shape index (κ1) is 15.7. The van der Waals surface area contributed by atoms with Crippen LogP contribution in [0.25, 0.3) is 0 Å². The number of fused-ring (bicyclic) bond motifs is 1. The highest BCUT2D eigenvalue weighted by atomic mass is 19.2. The van der Waals surface area contributed by atoms with Crippen LogP contribution in [0.15, 0.2) is 29.0 Å². The number of rotatable bonds is 3. The predicted octanol–water partition coefficient (Wildman–Crippen LogP) is 2.51. The van der Waals surface area contributed by atoms with Gasteiger partial charge in [-0.25, -0.2) is 18.2 Å². The van der Waals surface area contributed by atoms with Gasteiger partial charge in [-0.15, -0.1) is 0 Å². The Bertz CT molecular complexity index is 637. The lowest BCUT2D eigenvalue weighted by atomic mass is 10.1. The van der Waals surface area contributed by atoms with Crippen LogP contribution in [-0.4, -0.2) is 49.1 Å². The lowest BCUT2D eigenvalue weighted by Gasteiger charge is -2.39. The highest BCUT2D eigenvalue weighted by Crippen LogP contribution is 2.19. The molecule has 0 aromatic heterocycles. The maximum atomic E-state index is 13.2. The number of halogens is 3. The minimum absolute atomic E-state index is 0.219. The molecule has 3 rings (SSSR count). The maximum Gasteiger partial charge on any atom is 0.214 e. The molecule has 23 heavy (non-hydrogen) atoms. The second-order valence-corrected chi connectivity index (χ2v) is 5.65. The highest BCUT2D eigenvalue weighted by molar-refractivity contribution is 5.88. The summed E-state index contributed by atoms with van der Waals surface area (Å²) in [5.74, 6) is -2.24. The first-order valence-corrected chi connectivity index (χ1v) is 7.53. The quantitative estimate of drug-likeness (QED) is 0.800. The van der Waals surface area contributed by atoms with Crippen LogP contribution in [0.1, 0.15) is 12.0 Å². The Morgan fingerprint density at radius 2 is 1.91 bits per heavy atom. The normalized spacial score (nSPS) is 17.6. The van der Waals surface area contributed by atoms with Gasteiger partial charge in [0.2, 0.25) is 5.90 Å². The Balaban J connectivity index is 1.58. The van der Waals surface area contributed by atoms with Crippen molar-refractivity contribution in [3.8, 4) is 0 Å². The van der Waals surface area contributed by atoms with E-state index >= 15 is 0 Å². The van der Waals surface area contributed by atoms with E-state index in [1.54, 1.807) is 0 Å². The average molecular weight is 325 g/mol. The molecule has 0 spiro atoms. The summed E-state index contributed by atoms with van der Waals surface area (Å²) >= 11 is 0. The van der Waals surface area contributed by atoms with Crippen LogP contribution in [0.4, 0.5) is 13.2 Å². The van der Waals surface area contributed by atoms with Crippen molar-refractivity contribution in [3.63, 3.8) is 0 Å². The van der Waals surface area contributed by atoms with Gasteiger partial charge in [-0.05, 0) is 24.1 Å². The second kappa shape index (κ2) is 6.52. The fraction of sp³-hybridized carbons (Fsp3) is 0.438. The van der Waals surface area contributed by atoms with E-state index in [4.69, 9.17) is 4.74 Å². The first-order valence-electron chi connectivity index (χ1n) is 7.53. The van der Waals surface area contributed by atoms with Crippen LogP contribution in [0, 0.1) is 17.5 Å². The Kier molecular flexibility index (Phi) is 4.45. The van der Waals surface area contributed by atoms with Gasteiger partial charge in [0.05, 0.1) is 6.61 Å². The molecule has 2 aliphatic rings. The van der Waals surface area contributed by atoms with Crippen LogP contribution in [0.3, 0.4) is 0 Å². The predicted molar refractivity (Wildman–Crippen MR) is 80.3 cm³/mol. The molecule has 0 bridgehead atoms. The molecule has 0 aliphatic carbocycles. The number of aliphatic imine (C=N–C) groups is 1. The topological polar surface area (TPSA) is 28.1 Å². The number of benzene rings is 1. The largest absolute Gasteiger partial charge is 0.477 e. The van der Waals surface area contributed by atoms with E-state index < -0.39 is 17.5 Å². The molecule has 0 atom stereocenters. The second-order valence-electron chi connectivity index (χ2n) is 5.65. The standard InChI is InChI=1S/C16H18F3N3O/c1-21-4-2-5-22-10-20-14(9-15(21)22)23-6-3-11-7-12(17)16(19)13(18)8-11/h7-9H,2-6,10H2,1H3. The van der Waals surface area contributed by atoms with Gasteiger partial charge in [0, 0.05) is 32.6 Å². The van der Waals surface area contributed by atoms with Gasteiger partial charge in [-0.2, -0.15) is 0 Å². The van der Waals surface area contributed by atoms with Crippen molar-refractivity contribution in [2.24, 2.45) is 4.99 Å². The zero-order valence-corrected chi connectivity index (χ0v) is 12.9. The Labute approximate surface area is 132 Å². The fourth-order valence-corrected chi connectivity index (χ4v) is 2.74. The summed E-state index contributed by atoms with van der Waals surface area (Å²) in [6, 6.07) is 1.97. The molecule has 1 fully saturated rings. The Morgan fingerprint density at radius 3 is 2.65 bits per heavy atom. The third kappa shape index (κ3) is 3.43. The van der Waals surface area contributed by atoms with Gasteiger partial charge in [-0.1, -0.05) is 0 Å². The molecular weight excluding hydrogens is 307 g/mol. The van der Waals surface area contributed by atoms with Crippen molar-refractivity contribution in [1.82, 2.24) is 9.80 Å². The van der Waals surface area contributed by atoms with E-state index in [0.29, 0.717) is 18.1 Å². The summed E-state index contributed by atoms with van der Waals surface area (Å²) in [5, 5.41) is 0. The van der Waals surface area contributed by atoms with E-state index in [1.807, 2.05) is 13.1 Å².